The summed E-state index contributed by atoms with van der Waals surface area (Å²) in [5.74, 6) is 0.116. The van der Waals surface area contributed by atoms with Gasteiger partial charge < -0.3 is 20.5 Å². The van der Waals surface area contributed by atoms with Gasteiger partial charge in [-0.25, -0.2) is 4.39 Å². The van der Waals surface area contributed by atoms with E-state index in [0.717, 1.165) is 12.8 Å². The topological polar surface area (TPSA) is 73.6 Å². The summed E-state index contributed by atoms with van der Waals surface area (Å²) in [6.07, 6.45) is 1.56. The van der Waals surface area contributed by atoms with E-state index in [2.05, 4.69) is 5.32 Å². The van der Waals surface area contributed by atoms with Gasteiger partial charge in [-0.15, -0.1) is 0 Å². The highest BCUT2D eigenvalue weighted by Crippen LogP contribution is 2.27. The lowest BCUT2D eigenvalue weighted by Crippen LogP contribution is -2.47. The van der Waals surface area contributed by atoms with Crippen molar-refractivity contribution in [2.24, 2.45) is 11.7 Å². The third kappa shape index (κ3) is 5.05. The number of nitrogens with two attached hydrogens (primary N) is 1. The van der Waals surface area contributed by atoms with Gasteiger partial charge in [-0.2, -0.15) is 0 Å². The molecule has 0 saturated carbocycles. The second-order valence-electron chi connectivity index (χ2n) is 6.81. The second-order valence-corrected chi connectivity index (χ2v) is 6.81. The minimum Gasteiger partial charge on any atom is -0.454 e. The Morgan fingerprint density at radius 2 is 1.93 bits per heavy atom. The molecule has 0 aliphatic carbocycles. The molecule has 2 aromatic carbocycles. The summed E-state index contributed by atoms with van der Waals surface area (Å²) in [7, 11) is 0. The molecule has 1 amide bonds. The Kier molecular flexibility index (Phi) is 6.42. The molecule has 6 heteroatoms. The van der Waals surface area contributed by atoms with Crippen molar-refractivity contribution >= 4 is 5.91 Å². The highest BCUT2D eigenvalue weighted by atomic mass is 19.1. The van der Waals surface area contributed by atoms with E-state index >= 15 is 0 Å². The van der Waals surface area contributed by atoms with Crippen LogP contribution in [0.4, 0.5) is 4.39 Å². The van der Waals surface area contributed by atoms with E-state index in [-0.39, 0.29) is 23.6 Å². The number of ether oxygens (including phenoxy) is 2. The Labute approximate surface area is 158 Å². The first-order chi connectivity index (χ1) is 13.0. The number of benzene rings is 2. The lowest BCUT2D eigenvalue weighted by Gasteiger charge is -2.28. The Hall–Kier alpha value is -2.44. The first-order valence-corrected chi connectivity index (χ1v) is 9.20. The Morgan fingerprint density at radius 1 is 1.22 bits per heavy atom. The van der Waals surface area contributed by atoms with Crippen LogP contribution in [0.15, 0.2) is 48.5 Å². The normalized spacial score (nSPS) is 17.1. The summed E-state index contributed by atoms with van der Waals surface area (Å²) >= 11 is 0. The molecule has 2 unspecified atom stereocenters. The Bertz CT molecular complexity index is 763. The number of carbonyl (C=O) groups excluding carboxylic acids is 1. The Morgan fingerprint density at radius 3 is 2.59 bits per heavy atom. The third-order valence-corrected chi connectivity index (χ3v) is 4.86. The molecule has 3 N–H and O–H groups in total. The van der Waals surface area contributed by atoms with Crippen LogP contribution in [0.1, 0.15) is 31.4 Å². The molecule has 0 bridgehead atoms. The Balaban J connectivity index is 1.61. The molecule has 1 fully saturated rings. The maximum absolute atomic E-state index is 14.4. The third-order valence-electron chi connectivity index (χ3n) is 4.86. The van der Waals surface area contributed by atoms with Crippen molar-refractivity contribution in [2.75, 3.05) is 13.2 Å². The zero-order valence-electron chi connectivity index (χ0n) is 15.4. The van der Waals surface area contributed by atoms with Crippen molar-refractivity contribution in [2.45, 2.75) is 31.8 Å². The highest BCUT2D eigenvalue weighted by molar-refractivity contribution is 5.82. The van der Waals surface area contributed by atoms with Gasteiger partial charge in [0.15, 0.2) is 11.6 Å². The molecule has 3 rings (SSSR count). The van der Waals surface area contributed by atoms with Crippen molar-refractivity contribution in [3.63, 3.8) is 0 Å². The molecular weight excluding hydrogens is 347 g/mol. The largest absolute Gasteiger partial charge is 0.454 e. The zero-order valence-corrected chi connectivity index (χ0v) is 15.4. The number of amides is 1. The molecule has 1 heterocycles. The average Bonchev–Trinajstić information content (AvgIpc) is 2.70. The smallest absolute Gasteiger partial charge is 0.237 e. The lowest BCUT2D eigenvalue weighted by molar-refractivity contribution is -0.125. The minimum absolute atomic E-state index is 0.115. The van der Waals surface area contributed by atoms with Crippen molar-refractivity contribution in [1.29, 1.82) is 0 Å². The van der Waals surface area contributed by atoms with Crippen LogP contribution in [0.25, 0.3) is 0 Å². The van der Waals surface area contributed by atoms with Gasteiger partial charge in [-0.3, -0.25) is 4.79 Å². The number of hydrogen-bond acceptors (Lipinski definition) is 4. The summed E-state index contributed by atoms with van der Waals surface area (Å²) in [5, 5.41) is 2.88. The minimum atomic E-state index is -0.582. The van der Waals surface area contributed by atoms with E-state index in [4.69, 9.17) is 15.2 Å². The van der Waals surface area contributed by atoms with E-state index in [0.29, 0.717) is 24.5 Å². The van der Waals surface area contributed by atoms with Gasteiger partial charge in [0.1, 0.15) is 5.75 Å². The molecule has 144 valence electrons. The first kappa shape index (κ1) is 19.3. The number of carbonyl (C=O) groups is 1. The monoisotopic (exact) mass is 372 g/mol. The lowest BCUT2D eigenvalue weighted by atomic mass is 9.91. The summed E-state index contributed by atoms with van der Waals surface area (Å²) in [4.78, 5) is 12.4. The van der Waals surface area contributed by atoms with Gasteiger partial charge in [-0.05, 0) is 55.5 Å². The molecular formula is C21H25FN2O3. The fourth-order valence-corrected chi connectivity index (χ4v) is 3.17. The van der Waals surface area contributed by atoms with E-state index in [1.807, 2.05) is 18.2 Å². The van der Waals surface area contributed by atoms with Crippen LogP contribution in [-0.2, 0) is 9.53 Å². The molecule has 27 heavy (non-hydrogen) atoms. The molecule has 0 radical (unpaired) electrons. The summed E-state index contributed by atoms with van der Waals surface area (Å²) < 4.78 is 25.3. The molecule has 1 aliphatic rings. The van der Waals surface area contributed by atoms with Gasteiger partial charge in [0.2, 0.25) is 5.91 Å². The van der Waals surface area contributed by atoms with Gasteiger partial charge in [0.25, 0.3) is 0 Å². The molecule has 1 aliphatic heterocycles. The van der Waals surface area contributed by atoms with E-state index in [1.165, 1.54) is 6.07 Å². The van der Waals surface area contributed by atoms with Crippen LogP contribution in [0.3, 0.4) is 0 Å². The zero-order chi connectivity index (χ0) is 19.2. The maximum atomic E-state index is 14.4. The fourth-order valence-electron chi connectivity index (χ4n) is 3.17. The van der Waals surface area contributed by atoms with Gasteiger partial charge >= 0.3 is 0 Å². The standard InChI is InChI=1S/C21H25FN2O3/c1-14(24-21(25)20(23)15-9-11-26-12-10-15)16-7-8-19(18(22)13-16)27-17-5-3-2-4-6-17/h2-8,13-15,20H,9-12,23H2,1H3,(H,24,25). The quantitative estimate of drug-likeness (QED) is 0.813. The fraction of sp³-hybridized carbons (Fsp3) is 0.381. The van der Waals surface area contributed by atoms with Gasteiger partial charge in [0, 0.05) is 13.2 Å². The maximum Gasteiger partial charge on any atom is 0.237 e. The highest BCUT2D eigenvalue weighted by Gasteiger charge is 2.27. The molecule has 0 spiro atoms. The van der Waals surface area contributed by atoms with Crippen LogP contribution in [0.2, 0.25) is 0 Å². The predicted octanol–water partition coefficient (Wildman–Crippen LogP) is 3.55. The van der Waals surface area contributed by atoms with E-state index in [1.54, 1.807) is 31.2 Å². The van der Waals surface area contributed by atoms with Gasteiger partial charge in [0.05, 0.1) is 12.1 Å². The molecule has 2 atom stereocenters. The van der Waals surface area contributed by atoms with Crippen LogP contribution in [-0.4, -0.2) is 25.2 Å². The van der Waals surface area contributed by atoms with E-state index < -0.39 is 11.9 Å². The van der Waals surface area contributed by atoms with Crippen LogP contribution in [0, 0.1) is 11.7 Å². The summed E-state index contributed by atoms with van der Waals surface area (Å²) in [6, 6.07) is 12.8. The number of nitrogens with one attached hydrogen (secondary N) is 1. The number of rotatable bonds is 6. The van der Waals surface area contributed by atoms with Crippen LogP contribution >= 0.6 is 0 Å². The number of halogens is 1. The first-order valence-electron chi connectivity index (χ1n) is 9.20. The number of hydrogen-bond donors (Lipinski definition) is 2. The SMILES string of the molecule is CC(NC(=O)C(N)C1CCOCC1)c1ccc(Oc2ccccc2)c(F)c1. The number of para-hydroxylation sites is 1. The second kappa shape index (κ2) is 8.97. The van der Waals surface area contributed by atoms with E-state index in [9.17, 15) is 9.18 Å². The molecule has 1 saturated heterocycles. The van der Waals surface area contributed by atoms with Crippen molar-refractivity contribution in [3.05, 3.63) is 59.9 Å². The average molecular weight is 372 g/mol. The van der Waals surface area contributed by atoms with Crippen LogP contribution < -0.4 is 15.8 Å². The van der Waals surface area contributed by atoms with Gasteiger partial charge in [-0.1, -0.05) is 24.3 Å². The molecule has 0 aromatic heterocycles. The van der Waals surface area contributed by atoms with Crippen molar-refractivity contribution < 1.29 is 18.7 Å². The summed E-state index contributed by atoms with van der Waals surface area (Å²) in [5.41, 5.74) is 6.75. The van der Waals surface area contributed by atoms with Crippen LogP contribution in [0.5, 0.6) is 11.5 Å². The van der Waals surface area contributed by atoms with Crippen molar-refractivity contribution in [1.82, 2.24) is 5.32 Å². The predicted molar refractivity (Wildman–Crippen MR) is 101 cm³/mol. The molecule has 5 nitrogen and oxygen atoms in total. The molecule has 2 aromatic rings. The van der Waals surface area contributed by atoms with Crippen molar-refractivity contribution in [3.8, 4) is 11.5 Å². The summed E-state index contributed by atoms with van der Waals surface area (Å²) in [6.45, 7) is 3.08.